The molecule has 2 aromatic carbocycles. The predicted molar refractivity (Wildman–Crippen MR) is 61.8 cm³/mol. The first-order valence-corrected chi connectivity index (χ1v) is 4.73. The average Bonchev–Trinajstić information content (AvgIpc) is 2.29. The van der Waals surface area contributed by atoms with Gasteiger partial charge in [-0.15, -0.1) is 0 Å². The molecule has 0 heteroatoms. The van der Waals surface area contributed by atoms with Gasteiger partial charge in [-0.3, -0.25) is 0 Å². The fourth-order valence-electron chi connectivity index (χ4n) is 1.32. The third-order valence-corrected chi connectivity index (χ3v) is 2.07. The Labute approximate surface area is 84.5 Å². The maximum Gasteiger partial charge on any atom is -0.0256 e. The summed E-state index contributed by atoms with van der Waals surface area (Å²) in [4.78, 5) is 0. The Hall–Kier alpha value is -1.82. The lowest BCUT2D eigenvalue weighted by molar-refractivity contribution is 1.65. The molecule has 68 valence electrons. The predicted octanol–water partition coefficient (Wildman–Crippen LogP) is 3.86. The molecule has 0 aliphatic heterocycles. The van der Waals surface area contributed by atoms with Gasteiger partial charge in [0.05, 0.1) is 0 Å². The molecule has 0 N–H and O–H groups in total. The second-order valence-electron chi connectivity index (χ2n) is 3.15. The Bertz CT molecular complexity index is 357. The Morgan fingerprint density at radius 2 is 0.857 bits per heavy atom. The van der Waals surface area contributed by atoms with E-state index in [0.29, 0.717) is 0 Å². The molecule has 0 fully saturated rings. The minimum atomic E-state index is 1.23. The van der Waals surface area contributed by atoms with Crippen LogP contribution >= 0.6 is 0 Å². The molecule has 0 amide bonds. The fraction of sp³-hybridized carbons (Fsp3) is 0. The molecule has 14 heavy (non-hydrogen) atoms. The number of hydrogen-bond acceptors (Lipinski definition) is 0. The van der Waals surface area contributed by atoms with Gasteiger partial charge in [-0.1, -0.05) is 72.8 Å². The van der Waals surface area contributed by atoms with Gasteiger partial charge in [0.25, 0.3) is 0 Å². The van der Waals surface area contributed by atoms with Crippen molar-refractivity contribution >= 4 is 12.2 Å². The molecule has 0 atom stereocenters. The van der Waals surface area contributed by atoms with Gasteiger partial charge in [-0.2, -0.15) is 0 Å². The summed E-state index contributed by atoms with van der Waals surface area (Å²) in [5, 5.41) is 0. The fourth-order valence-corrected chi connectivity index (χ4v) is 1.32. The second kappa shape index (κ2) is 4.43. The second-order valence-corrected chi connectivity index (χ2v) is 3.15. The van der Waals surface area contributed by atoms with Gasteiger partial charge in [0.2, 0.25) is 0 Å². The normalized spacial score (nSPS) is 10.6. The highest BCUT2D eigenvalue weighted by molar-refractivity contribution is 5.69. The SMILES string of the molecule is C(=[13CH]\c1ccccc1)/c1ccccc1. The molecule has 0 saturated carbocycles. The van der Waals surface area contributed by atoms with Crippen molar-refractivity contribution in [1.29, 1.82) is 0 Å². The molecular formula is C14H12. The van der Waals surface area contributed by atoms with Crippen molar-refractivity contribution < 1.29 is 0 Å². The van der Waals surface area contributed by atoms with E-state index in [1.165, 1.54) is 11.1 Å². The minimum Gasteiger partial charge on any atom is -0.0622 e. The average molecular weight is 181 g/mol. The van der Waals surface area contributed by atoms with Crippen LogP contribution in [0, 0.1) is 0 Å². The summed E-state index contributed by atoms with van der Waals surface area (Å²) in [6.45, 7) is 0. The van der Waals surface area contributed by atoms with Crippen molar-refractivity contribution in [2.45, 2.75) is 0 Å². The first kappa shape index (κ1) is 8.76. The molecule has 0 aliphatic carbocycles. The molecule has 0 bridgehead atoms. The maximum atomic E-state index is 2.12. The van der Waals surface area contributed by atoms with Crippen LogP contribution in [0.1, 0.15) is 11.1 Å². The van der Waals surface area contributed by atoms with E-state index >= 15 is 0 Å². The van der Waals surface area contributed by atoms with Crippen LogP contribution in [0.25, 0.3) is 12.2 Å². The Morgan fingerprint density at radius 3 is 1.21 bits per heavy atom. The zero-order chi connectivity index (χ0) is 9.64. The molecule has 0 radical (unpaired) electrons. The molecule has 0 unspecified atom stereocenters. The quantitative estimate of drug-likeness (QED) is 0.487. The van der Waals surface area contributed by atoms with E-state index in [0.717, 1.165) is 0 Å². The lowest BCUT2D eigenvalue weighted by Crippen LogP contribution is -1.70. The van der Waals surface area contributed by atoms with Crippen molar-refractivity contribution in [2.75, 3.05) is 0 Å². The Balaban J connectivity index is 2.16. The topological polar surface area (TPSA) is 0 Å². The van der Waals surface area contributed by atoms with Crippen molar-refractivity contribution in [1.82, 2.24) is 0 Å². The molecule has 2 aromatic rings. The van der Waals surface area contributed by atoms with E-state index in [1.54, 1.807) is 0 Å². The highest BCUT2D eigenvalue weighted by Crippen LogP contribution is 2.06. The van der Waals surface area contributed by atoms with Gasteiger partial charge in [0, 0.05) is 0 Å². The van der Waals surface area contributed by atoms with Gasteiger partial charge in [-0.25, -0.2) is 0 Å². The molecule has 0 aromatic heterocycles. The smallest absolute Gasteiger partial charge is 0.0256 e. The molecule has 0 aliphatic rings. The van der Waals surface area contributed by atoms with E-state index in [2.05, 4.69) is 36.4 Å². The largest absolute Gasteiger partial charge is 0.0622 e. The first-order valence-electron chi connectivity index (χ1n) is 4.73. The third-order valence-electron chi connectivity index (χ3n) is 2.07. The van der Waals surface area contributed by atoms with Crippen molar-refractivity contribution in [3.63, 3.8) is 0 Å². The summed E-state index contributed by atoms with van der Waals surface area (Å²) in [5.41, 5.74) is 2.47. The first-order chi connectivity index (χ1) is 6.95. The standard InChI is InChI=1S/C14H12/c1-3-7-13(8-4-1)11-12-14-9-5-2-6-10-14/h1-12H/b12-11+/i11+1. The molecule has 2 rings (SSSR count). The van der Waals surface area contributed by atoms with Gasteiger partial charge >= 0.3 is 0 Å². The zero-order valence-corrected chi connectivity index (χ0v) is 7.93. The molecule has 0 saturated heterocycles. The van der Waals surface area contributed by atoms with Crippen LogP contribution in [0.4, 0.5) is 0 Å². The summed E-state index contributed by atoms with van der Waals surface area (Å²) in [7, 11) is 0. The van der Waals surface area contributed by atoms with E-state index in [9.17, 15) is 0 Å². The summed E-state index contributed by atoms with van der Waals surface area (Å²) in [5.74, 6) is 0. The highest BCUT2D eigenvalue weighted by Gasteiger charge is 1.84. The van der Waals surface area contributed by atoms with Crippen LogP contribution in [-0.4, -0.2) is 0 Å². The molecule has 0 nitrogen and oxygen atoms in total. The summed E-state index contributed by atoms with van der Waals surface area (Å²) in [6, 6.07) is 20.6. The van der Waals surface area contributed by atoms with Crippen LogP contribution in [0.5, 0.6) is 0 Å². The van der Waals surface area contributed by atoms with Gasteiger partial charge in [0.1, 0.15) is 0 Å². The maximum absolute atomic E-state index is 2.12. The van der Waals surface area contributed by atoms with Crippen LogP contribution in [0.3, 0.4) is 0 Å². The number of rotatable bonds is 2. The monoisotopic (exact) mass is 181 g/mol. The van der Waals surface area contributed by atoms with Crippen LogP contribution in [0.2, 0.25) is 0 Å². The lowest BCUT2D eigenvalue weighted by atomic mass is 10.2. The molecule has 0 spiro atoms. The summed E-state index contributed by atoms with van der Waals surface area (Å²) >= 11 is 0. The minimum absolute atomic E-state index is 1.23. The van der Waals surface area contributed by atoms with Crippen molar-refractivity contribution in [3.05, 3.63) is 71.8 Å². The van der Waals surface area contributed by atoms with E-state index in [-0.39, 0.29) is 0 Å². The van der Waals surface area contributed by atoms with Gasteiger partial charge in [0.15, 0.2) is 0 Å². The van der Waals surface area contributed by atoms with E-state index in [4.69, 9.17) is 0 Å². The van der Waals surface area contributed by atoms with Crippen molar-refractivity contribution in [3.8, 4) is 0 Å². The van der Waals surface area contributed by atoms with Gasteiger partial charge in [-0.05, 0) is 11.1 Å². The summed E-state index contributed by atoms with van der Waals surface area (Å²) < 4.78 is 0. The van der Waals surface area contributed by atoms with Crippen molar-refractivity contribution in [2.24, 2.45) is 0 Å². The van der Waals surface area contributed by atoms with Crippen LogP contribution < -0.4 is 0 Å². The van der Waals surface area contributed by atoms with E-state index < -0.39 is 0 Å². The zero-order valence-electron chi connectivity index (χ0n) is 7.93. The molecule has 0 heterocycles. The highest BCUT2D eigenvalue weighted by atomic mass is 14.1. The number of benzene rings is 2. The number of hydrogen-bond donors (Lipinski definition) is 0. The summed E-state index contributed by atoms with van der Waals surface area (Å²) in [6.07, 6.45) is 4.24. The van der Waals surface area contributed by atoms with Crippen LogP contribution in [0.15, 0.2) is 60.7 Å². The van der Waals surface area contributed by atoms with E-state index in [1.807, 2.05) is 36.4 Å². The van der Waals surface area contributed by atoms with Crippen LogP contribution in [-0.2, 0) is 0 Å². The lowest BCUT2D eigenvalue weighted by Gasteiger charge is -1.92. The molecular weight excluding hydrogens is 169 g/mol. The third kappa shape index (κ3) is 2.33. The Kier molecular flexibility index (Phi) is 2.77. The Morgan fingerprint density at radius 1 is 0.500 bits per heavy atom. The van der Waals surface area contributed by atoms with Gasteiger partial charge < -0.3 is 0 Å².